The first-order valence-corrected chi connectivity index (χ1v) is 2.28. The van der Waals surface area contributed by atoms with E-state index < -0.39 is 5.97 Å². The Kier molecular flexibility index (Phi) is 12.7. The van der Waals surface area contributed by atoms with Crippen LogP contribution in [0.25, 0.3) is 0 Å². The van der Waals surface area contributed by atoms with Gasteiger partial charge in [-0.25, -0.2) is 0 Å². The summed E-state index contributed by atoms with van der Waals surface area (Å²) in [6, 6.07) is 0. The van der Waals surface area contributed by atoms with Crippen molar-refractivity contribution in [2.75, 3.05) is 19.7 Å². The first kappa shape index (κ1) is 12.7. The van der Waals surface area contributed by atoms with E-state index in [1.165, 1.54) is 0 Å². The molecule has 9 heavy (non-hydrogen) atoms. The van der Waals surface area contributed by atoms with Gasteiger partial charge in [0.25, 0.3) is 0 Å². The molecule has 0 aromatic heterocycles. The number of hydrogen-bond donors (Lipinski definition) is 2. The summed E-state index contributed by atoms with van der Waals surface area (Å²) in [7, 11) is 0. The van der Waals surface area contributed by atoms with Gasteiger partial charge in [0, 0.05) is 0 Å². The molecule has 0 aliphatic carbocycles. The van der Waals surface area contributed by atoms with Crippen LogP contribution in [0.1, 0.15) is 0 Å². The number of rotatable bonds is 4. The Hall–Kier alpha value is 1.03. The number of carbonyl (C=O) groups is 1. The predicted octanol–water partition coefficient (Wildman–Crippen LogP) is -4.98. The third-order valence-electron chi connectivity index (χ3n) is 0.555. The van der Waals surface area contributed by atoms with Crippen molar-refractivity contribution in [3.8, 4) is 0 Å². The van der Waals surface area contributed by atoms with Crippen molar-refractivity contribution >= 4 is 5.97 Å². The van der Waals surface area contributed by atoms with Crippen molar-refractivity contribution in [2.24, 2.45) is 0 Å². The van der Waals surface area contributed by atoms with E-state index >= 15 is 0 Å². The Bertz CT molecular complexity index is 78.2. The summed E-state index contributed by atoms with van der Waals surface area (Å²) in [6.45, 7) is -0.165. The summed E-state index contributed by atoms with van der Waals surface area (Å²) < 4.78 is 0. The van der Waals surface area contributed by atoms with Crippen molar-refractivity contribution in [1.82, 2.24) is 5.32 Å². The topological polar surface area (TPSA) is 72.4 Å². The van der Waals surface area contributed by atoms with Gasteiger partial charge in [0.2, 0.25) is 0 Å². The van der Waals surface area contributed by atoms with Crippen LogP contribution in [0.4, 0.5) is 0 Å². The van der Waals surface area contributed by atoms with Gasteiger partial charge in [0.1, 0.15) is 0 Å². The number of carboxylic acid groups (broad SMARTS) is 1. The summed E-state index contributed by atoms with van der Waals surface area (Å²) in [5, 5.41) is 20.1. The molecule has 0 bridgehead atoms. The fourth-order valence-corrected chi connectivity index (χ4v) is 0.267. The molecule has 2 N–H and O–H groups in total. The second kappa shape index (κ2) is 9.03. The number of hydrogen-bond acceptors (Lipinski definition) is 3. The van der Waals surface area contributed by atoms with E-state index in [9.17, 15) is 9.90 Å². The minimum atomic E-state index is -0.932. The maximum Gasteiger partial charge on any atom is 1.00 e. The molecule has 48 valence electrons. The third-order valence-corrected chi connectivity index (χ3v) is 0.555. The normalized spacial score (nSPS) is 8.11. The van der Waals surface area contributed by atoms with Crippen molar-refractivity contribution in [2.45, 2.75) is 0 Å². The maximum absolute atomic E-state index is 9.71. The Balaban J connectivity index is 0. The summed E-state index contributed by atoms with van der Waals surface area (Å²) in [6.07, 6.45) is 0. The Morgan fingerprint density at radius 1 is 1.67 bits per heavy atom. The van der Waals surface area contributed by atoms with E-state index in [1.54, 1.807) is 0 Å². The molecule has 0 aliphatic rings. The zero-order valence-corrected chi connectivity index (χ0v) is 8.51. The molecule has 0 aromatic carbocycles. The second-order valence-corrected chi connectivity index (χ2v) is 1.27. The monoisotopic (exact) mass is 157 g/mol. The van der Waals surface area contributed by atoms with Crippen LogP contribution in [0.5, 0.6) is 0 Å². The molecule has 0 unspecified atom stereocenters. The van der Waals surface area contributed by atoms with Crippen LogP contribution in [0, 0.1) is 0 Å². The van der Waals surface area contributed by atoms with Crippen LogP contribution in [0.3, 0.4) is 0 Å². The first-order valence-electron chi connectivity index (χ1n) is 2.28. The van der Waals surface area contributed by atoms with Gasteiger partial charge in [-0.1, -0.05) is 0 Å². The van der Waals surface area contributed by atoms with Crippen molar-refractivity contribution in [3.63, 3.8) is 0 Å². The number of nitrogens with one attached hydrogen (secondary N) is 1. The summed E-state index contributed by atoms with van der Waals surface area (Å²) in [4.78, 5) is 9.71. The van der Waals surface area contributed by atoms with Gasteiger partial charge >= 0.3 is 57.4 Å². The van der Waals surface area contributed by atoms with Gasteiger partial charge in [-0.15, -0.1) is 6.61 Å². The van der Waals surface area contributed by atoms with Crippen molar-refractivity contribution < 1.29 is 66.4 Å². The molecule has 0 rings (SSSR count). The fraction of sp³-hybridized carbons (Fsp3) is 0.750. The largest absolute Gasteiger partial charge is 1.00 e. The third kappa shape index (κ3) is 12.3. The molecule has 4 nitrogen and oxygen atoms in total. The van der Waals surface area contributed by atoms with Crippen molar-refractivity contribution in [1.29, 1.82) is 0 Å². The molecule has 0 saturated carbocycles. The number of carboxylic acids is 1. The van der Waals surface area contributed by atoms with Crippen LogP contribution in [0.15, 0.2) is 0 Å². The molecule has 0 radical (unpaired) electrons. The Labute approximate surface area is 96.1 Å². The standard InChI is InChI=1S/C4H8NO3.K/c6-2-1-5-3-4(7)8;/h5H,1-3H2,(H,7,8);/q-1;+1. The van der Waals surface area contributed by atoms with Crippen LogP contribution in [-0.4, -0.2) is 30.8 Å². The molecule has 0 aromatic rings. The minimum Gasteiger partial charge on any atom is -0.854 e. The van der Waals surface area contributed by atoms with E-state index in [0.29, 0.717) is 0 Å². The van der Waals surface area contributed by atoms with Gasteiger partial charge in [0.15, 0.2) is 0 Å². The molecule has 0 atom stereocenters. The molecular weight excluding hydrogens is 149 g/mol. The van der Waals surface area contributed by atoms with Gasteiger partial charge < -0.3 is 15.5 Å². The fourth-order valence-electron chi connectivity index (χ4n) is 0.267. The summed E-state index contributed by atoms with van der Waals surface area (Å²) in [5.74, 6) is -0.932. The molecule has 0 amide bonds. The molecule has 0 aliphatic heterocycles. The van der Waals surface area contributed by atoms with Gasteiger partial charge in [-0.3, -0.25) is 4.79 Å². The van der Waals surface area contributed by atoms with E-state index in [-0.39, 0.29) is 71.1 Å². The van der Waals surface area contributed by atoms with Crippen LogP contribution < -0.4 is 61.8 Å². The molecule has 0 fully saturated rings. The molecule has 0 saturated heterocycles. The molecule has 0 heterocycles. The van der Waals surface area contributed by atoms with Gasteiger partial charge in [-0.05, 0) is 6.54 Å². The maximum atomic E-state index is 9.71. The molecule has 0 spiro atoms. The van der Waals surface area contributed by atoms with Crippen LogP contribution in [0.2, 0.25) is 0 Å². The smallest absolute Gasteiger partial charge is 0.854 e. The van der Waals surface area contributed by atoms with Crippen LogP contribution >= 0.6 is 0 Å². The summed E-state index contributed by atoms with van der Waals surface area (Å²) in [5.41, 5.74) is 0. The first-order chi connectivity index (χ1) is 3.77. The Morgan fingerprint density at radius 2 is 2.22 bits per heavy atom. The van der Waals surface area contributed by atoms with E-state index in [0.717, 1.165) is 0 Å². The zero-order valence-electron chi connectivity index (χ0n) is 5.39. The van der Waals surface area contributed by atoms with E-state index in [2.05, 4.69) is 5.32 Å². The SMILES string of the molecule is O=C(O)CNCC[O-].[K+]. The number of aliphatic carboxylic acids is 1. The molecular formula is C4H8KNO3. The van der Waals surface area contributed by atoms with E-state index in [1.807, 2.05) is 0 Å². The van der Waals surface area contributed by atoms with Crippen molar-refractivity contribution in [3.05, 3.63) is 0 Å². The van der Waals surface area contributed by atoms with Gasteiger partial charge in [0.05, 0.1) is 6.54 Å². The van der Waals surface area contributed by atoms with Crippen LogP contribution in [-0.2, 0) is 4.79 Å². The average molecular weight is 157 g/mol. The minimum absolute atomic E-state index is 0. The Morgan fingerprint density at radius 3 is 2.56 bits per heavy atom. The zero-order chi connectivity index (χ0) is 6.41. The molecule has 5 heteroatoms. The quantitative estimate of drug-likeness (QED) is 0.317. The second-order valence-electron chi connectivity index (χ2n) is 1.27. The summed E-state index contributed by atoms with van der Waals surface area (Å²) >= 11 is 0. The average Bonchev–Trinajstić information content (AvgIpc) is 1.66. The van der Waals surface area contributed by atoms with Gasteiger partial charge in [-0.2, -0.15) is 0 Å². The predicted molar refractivity (Wildman–Crippen MR) is 25.4 cm³/mol. The van der Waals surface area contributed by atoms with E-state index in [4.69, 9.17) is 5.11 Å².